The fraction of sp³-hybridized carbons (Fsp3) is 0.241. The Bertz CT molecular complexity index is 1390. The molecule has 0 bridgehead atoms. The van der Waals surface area contributed by atoms with Crippen LogP contribution < -0.4 is 5.32 Å². The van der Waals surface area contributed by atoms with E-state index < -0.39 is 12.2 Å². The van der Waals surface area contributed by atoms with Crippen molar-refractivity contribution in [2.45, 2.75) is 39.2 Å². The summed E-state index contributed by atoms with van der Waals surface area (Å²) in [7, 11) is 0. The van der Waals surface area contributed by atoms with Crippen molar-refractivity contribution in [3.05, 3.63) is 94.9 Å². The molecule has 1 N–H and O–H groups in total. The zero-order chi connectivity index (χ0) is 23.5. The molecule has 0 saturated heterocycles. The maximum Gasteiger partial charge on any atom is 0.412 e. The van der Waals surface area contributed by atoms with Crippen LogP contribution >= 0.6 is 0 Å². The average Bonchev–Trinajstić information content (AvgIpc) is 3.60. The maximum absolute atomic E-state index is 12.5. The summed E-state index contributed by atoms with van der Waals surface area (Å²) >= 11 is 0. The molecule has 1 aromatic heterocycles. The van der Waals surface area contributed by atoms with E-state index >= 15 is 0 Å². The second-order valence-electron chi connectivity index (χ2n) is 8.85. The van der Waals surface area contributed by atoms with Gasteiger partial charge in [0.15, 0.2) is 0 Å². The minimum atomic E-state index is -0.585. The molecule has 5 rings (SSSR count). The molecule has 0 spiro atoms. The fourth-order valence-electron chi connectivity index (χ4n) is 3.97. The van der Waals surface area contributed by atoms with E-state index in [1.54, 1.807) is 6.92 Å². The van der Waals surface area contributed by atoms with Crippen LogP contribution in [0.5, 0.6) is 0 Å². The van der Waals surface area contributed by atoms with E-state index in [0.29, 0.717) is 17.1 Å². The SMILES string of the molecule is Cc1noc(C#Cc2ccc3cc(CC4CC4)ccc3c2)c1NC(=O)OC(C)c1ccccc1. The van der Waals surface area contributed by atoms with Gasteiger partial charge in [0.05, 0.1) is 0 Å². The molecule has 5 heteroatoms. The summed E-state index contributed by atoms with van der Waals surface area (Å²) in [6.45, 7) is 3.57. The first kappa shape index (κ1) is 21.8. The number of aromatic nitrogens is 1. The van der Waals surface area contributed by atoms with Gasteiger partial charge in [-0.3, -0.25) is 5.32 Å². The van der Waals surface area contributed by atoms with E-state index in [4.69, 9.17) is 9.26 Å². The Morgan fingerprint density at radius 1 is 1.09 bits per heavy atom. The Hall–Kier alpha value is -4.04. The van der Waals surface area contributed by atoms with Crippen molar-refractivity contribution < 1.29 is 14.1 Å². The van der Waals surface area contributed by atoms with Gasteiger partial charge >= 0.3 is 6.09 Å². The van der Waals surface area contributed by atoms with Crippen LogP contribution in [0.3, 0.4) is 0 Å². The van der Waals surface area contributed by atoms with Gasteiger partial charge < -0.3 is 9.26 Å². The number of nitrogens with zero attached hydrogens (tertiary/aromatic N) is 1. The fourth-order valence-corrected chi connectivity index (χ4v) is 3.97. The second kappa shape index (κ2) is 9.44. The third kappa shape index (κ3) is 5.13. The van der Waals surface area contributed by atoms with E-state index in [2.05, 4.69) is 52.6 Å². The topological polar surface area (TPSA) is 64.4 Å². The lowest BCUT2D eigenvalue weighted by atomic mass is 10.0. The van der Waals surface area contributed by atoms with Crippen molar-refractivity contribution in [3.8, 4) is 11.8 Å². The van der Waals surface area contributed by atoms with Crippen LogP contribution in [-0.2, 0) is 11.2 Å². The van der Waals surface area contributed by atoms with Gasteiger partial charge in [0, 0.05) is 5.56 Å². The van der Waals surface area contributed by atoms with E-state index in [0.717, 1.165) is 22.4 Å². The Kier molecular flexibility index (Phi) is 6.05. The number of fused-ring (bicyclic) bond motifs is 1. The van der Waals surface area contributed by atoms with Crippen LogP contribution in [0.25, 0.3) is 10.8 Å². The lowest BCUT2D eigenvalue weighted by Gasteiger charge is -2.13. The van der Waals surface area contributed by atoms with Crippen LogP contribution in [0.15, 0.2) is 71.3 Å². The molecular formula is C29H26N2O3. The third-order valence-electron chi connectivity index (χ3n) is 6.09. The molecule has 1 heterocycles. The number of rotatable bonds is 5. The number of carbonyl (C=O) groups excluding carboxylic acids is 1. The average molecular weight is 451 g/mol. The largest absolute Gasteiger partial charge is 0.441 e. The number of hydrogen-bond donors (Lipinski definition) is 1. The highest BCUT2D eigenvalue weighted by Crippen LogP contribution is 2.33. The molecule has 1 atom stereocenters. The molecule has 1 fully saturated rings. The summed E-state index contributed by atoms with van der Waals surface area (Å²) in [5.41, 5.74) is 4.13. The van der Waals surface area contributed by atoms with Crippen molar-refractivity contribution in [2.75, 3.05) is 5.32 Å². The molecule has 1 amide bonds. The zero-order valence-corrected chi connectivity index (χ0v) is 19.3. The molecule has 34 heavy (non-hydrogen) atoms. The van der Waals surface area contributed by atoms with E-state index in [-0.39, 0.29) is 0 Å². The molecule has 1 unspecified atom stereocenters. The van der Waals surface area contributed by atoms with Gasteiger partial charge in [0.1, 0.15) is 17.5 Å². The van der Waals surface area contributed by atoms with E-state index in [1.165, 1.54) is 30.2 Å². The molecule has 4 aromatic rings. The molecule has 170 valence electrons. The number of benzene rings is 3. The molecule has 0 aliphatic heterocycles. The van der Waals surface area contributed by atoms with Gasteiger partial charge in [-0.25, -0.2) is 4.79 Å². The first-order chi connectivity index (χ1) is 16.5. The highest BCUT2D eigenvalue weighted by Gasteiger charge is 2.21. The molecule has 1 aliphatic rings. The molecular weight excluding hydrogens is 424 g/mol. The van der Waals surface area contributed by atoms with Gasteiger partial charge in [-0.2, -0.15) is 0 Å². The summed E-state index contributed by atoms with van der Waals surface area (Å²) in [4.78, 5) is 12.5. The van der Waals surface area contributed by atoms with E-state index in [9.17, 15) is 4.79 Å². The Morgan fingerprint density at radius 3 is 2.65 bits per heavy atom. The predicted molar refractivity (Wildman–Crippen MR) is 133 cm³/mol. The number of anilines is 1. The number of amides is 1. The third-order valence-corrected chi connectivity index (χ3v) is 6.09. The summed E-state index contributed by atoms with van der Waals surface area (Å²) < 4.78 is 10.9. The normalized spacial score (nSPS) is 13.7. The number of hydrogen-bond acceptors (Lipinski definition) is 4. The molecule has 5 nitrogen and oxygen atoms in total. The molecule has 3 aromatic carbocycles. The van der Waals surface area contributed by atoms with Crippen molar-refractivity contribution in [1.29, 1.82) is 0 Å². The van der Waals surface area contributed by atoms with Crippen molar-refractivity contribution in [3.63, 3.8) is 0 Å². The van der Waals surface area contributed by atoms with Crippen LogP contribution in [0.1, 0.15) is 54.0 Å². The van der Waals surface area contributed by atoms with Gasteiger partial charge in [-0.05, 0) is 79.0 Å². The minimum absolute atomic E-state index is 0.293. The molecule has 1 aliphatic carbocycles. The smallest absolute Gasteiger partial charge is 0.412 e. The van der Waals surface area contributed by atoms with Gasteiger partial charge in [0.25, 0.3) is 0 Å². The number of aryl methyl sites for hydroxylation is 1. The Morgan fingerprint density at radius 2 is 1.85 bits per heavy atom. The van der Waals surface area contributed by atoms with Crippen LogP contribution in [0.2, 0.25) is 0 Å². The summed E-state index contributed by atoms with van der Waals surface area (Å²) in [5, 5.41) is 9.06. The van der Waals surface area contributed by atoms with Gasteiger partial charge in [0.2, 0.25) is 5.76 Å². The monoisotopic (exact) mass is 450 g/mol. The highest BCUT2D eigenvalue weighted by atomic mass is 16.6. The van der Waals surface area contributed by atoms with Crippen molar-refractivity contribution in [1.82, 2.24) is 5.16 Å². The van der Waals surface area contributed by atoms with Crippen molar-refractivity contribution in [2.24, 2.45) is 5.92 Å². The Labute approximate surface area is 199 Å². The summed E-state index contributed by atoms with van der Waals surface area (Å²) in [6, 6.07) is 22.4. The molecule has 0 radical (unpaired) electrons. The van der Waals surface area contributed by atoms with Crippen molar-refractivity contribution >= 4 is 22.6 Å². The van der Waals surface area contributed by atoms with Crippen LogP contribution in [0.4, 0.5) is 10.5 Å². The minimum Gasteiger partial charge on any atom is -0.441 e. The maximum atomic E-state index is 12.5. The zero-order valence-electron chi connectivity index (χ0n) is 19.3. The van der Waals surface area contributed by atoms with Gasteiger partial charge in [-0.15, -0.1) is 0 Å². The first-order valence-corrected chi connectivity index (χ1v) is 11.6. The quantitative estimate of drug-likeness (QED) is 0.340. The predicted octanol–water partition coefficient (Wildman–Crippen LogP) is 6.80. The number of carbonyl (C=O) groups is 1. The number of ether oxygens (including phenoxy) is 1. The van der Waals surface area contributed by atoms with Crippen LogP contribution in [0, 0.1) is 24.7 Å². The standard InChI is InChI=1S/C29H26N2O3/c1-19-28(30-29(32)33-20(2)24-6-4-3-5-7-24)27(34-31-19)15-12-22-10-13-26-18-23(16-21-8-9-21)11-14-25(26)17-22/h3-7,10-11,13-14,17-18,20-21H,8-9,16H2,1-2H3,(H,30,32). The lowest BCUT2D eigenvalue weighted by Crippen LogP contribution is -2.16. The summed E-state index contributed by atoms with van der Waals surface area (Å²) in [6.07, 6.45) is 2.91. The second-order valence-corrected chi connectivity index (χ2v) is 8.85. The van der Waals surface area contributed by atoms with E-state index in [1.807, 2.05) is 43.3 Å². The first-order valence-electron chi connectivity index (χ1n) is 11.6. The lowest BCUT2D eigenvalue weighted by molar-refractivity contribution is 0.121. The van der Waals surface area contributed by atoms with Crippen LogP contribution in [-0.4, -0.2) is 11.2 Å². The Balaban J connectivity index is 1.29. The highest BCUT2D eigenvalue weighted by molar-refractivity contribution is 5.87. The van der Waals surface area contributed by atoms with Gasteiger partial charge in [-0.1, -0.05) is 65.7 Å². The number of nitrogens with one attached hydrogen (secondary N) is 1. The summed E-state index contributed by atoms with van der Waals surface area (Å²) in [5.74, 6) is 7.29. The molecule has 1 saturated carbocycles.